The lowest BCUT2D eigenvalue weighted by Gasteiger charge is -2.07. The Balaban J connectivity index is 2.04. The van der Waals surface area contributed by atoms with Crippen molar-refractivity contribution in [3.8, 4) is 0 Å². The van der Waals surface area contributed by atoms with Gasteiger partial charge in [0.05, 0.1) is 17.3 Å². The van der Waals surface area contributed by atoms with E-state index in [1.165, 1.54) is 11.3 Å². The molecule has 3 N–H and O–H groups in total. The number of hydrogen-bond acceptors (Lipinski definition) is 6. The smallest absolute Gasteiger partial charge is 0.350 e. The first kappa shape index (κ1) is 16.1. The summed E-state index contributed by atoms with van der Waals surface area (Å²) in [5.74, 6) is 0.183. The Labute approximate surface area is 129 Å². The number of carbonyl (C=O) groups is 1. The summed E-state index contributed by atoms with van der Waals surface area (Å²) in [5.41, 5.74) is 7.89. The van der Waals surface area contributed by atoms with E-state index in [0.717, 1.165) is 49.6 Å². The minimum absolute atomic E-state index is 0.315. The molecule has 0 amide bonds. The van der Waals surface area contributed by atoms with E-state index in [9.17, 15) is 4.79 Å². The van der Waals surface area contributed by atoms with Gasteiger partial charge in [-0.2, -0.15) is 0 Å². The van der Waals surface area contributed by atoms with Crippen LogP contribution in [0.5, 0.6) is 0 Å². The third-order valence-corrected chi connectivity index (χ3v) is 4.54. The van der Waals surface area contributed by atoms with Crippen LogP contribution in [0.1, 0.15) is 54.3 Å². The lowest BCUT2D eigenvalue weighted by molar-refractivity contribution is 0.0533. The fraction of sp³-hybridized carbons (Fsp3) is 0.667. The van der Waals surface area contributed by atoms with Gasteiger partial charge in [0.15, 0.2) is 0 Å². The number of thiophene rings is 1. The average Bonchev–Trinajstić information content (AvgIpc) is 3.23. The number of hydrogen-bond donors (Lipinski definition) is 2. The molecule has 1 aromatic rings. The van der Waals surface area contributed by atoms with Crippen LogP contribution < -0.4 is 11.1 Å². The maximum atomic E-state index is 11.9. The largest absolute Gasteiger partial charge is 0.462 e. The van der Waals surface area contributed by atoms with Gasteiger partial charge >= 0.3 is 5.97 Å². The molecule has 0 atom stereocenters. The molecule has 0 aliphatic heterocycles. The number of carbonyl (C=O) groups excluding carboxylic acids is 1. The van der Waals surface area contributed by atoms with Gasteiger partial charge in [-0.05, 0) is 39.0 Å². The fourth-order valence-electron chi connectivity index (χ4n) is 2.23. The highest BCUT2D eigenvalue weighted by Gasteiger charge is 2.33. The number of nitrogens with one attached hydrogen (secondary N) is 1. The van der Waals surface area contributed by atoms with Crippen molar-refractivity contribution >= 4 is 28.0 Å². The summed E-state index contributed by atoms with van der Waals surface area (Å²) < 4.78 is 10.4. The van der Waals surface area contributed by atoms with Gasteiger partial charge < -0.3 is 20.5 Å². The monoisotopic (exact) mass is 312 g/mol. The standard InChI is InChI=1S/C15H24N2O3S/c1-3-19-9-5-8-17-14-11(10-6-7-10)12(16)13(21-14)15(18)20-4-2/h10,17H,3-9,16H2,1-2H3. The van der Waals surface area contributed by atoms with Crippen molar-refractivity contribution in [1.29, 1.82) is 0 Å². The highest BCUT2D eigenvalue weighted by molar-refractivity contribution is 7.18. The van der Waals surface area contributed by atoms with E-state index in [1.807, 2.05) is 6.92 Å². The van der Waals surface area contributed by atoms with Crippen LogP contribution in [0.2, 0.25) is 0 Å². The van der Waals surface area contributed by atoms with Gasteiger partial charge in [0.25, 0.3) is 0 Å². The normalized spacial score (nSPS) is 14.2. The van der Waals surface area contributed by atoms with E-state index in [-0.39, 0.29) is 5.97 Å². The number of ether oxygens (including phenoxy) is 2. The number of nitrogens with two attached hydrogens (primary N) is 1. The molecule has 21 heavy (non-hydrogen) atoms. The Kier molecular flexibility index (Phi) is 5.87. The van der Waals surface area contributed by atoms with Crippen LogP contribution in [0, 0.1) is 0 Å². The minimum Gasteiger partial charge on any atom is -0.462 e. The number of nitrogen functional groups attached to an aromatic ring is 1. The molecule has 0 bridgehead atoms. The summed E-state index contributed by atoms with van der Waals surface area (Å²) in [7, 11) is 0. The maximum Gasteiger partial charge on any atom is 0.350 e. The molecule has 1 aromatic heterocycles. The van der Waals surface area contributed by atoms with Crippen molar-refractivity contribution in [2.45, 2.75) is 39.0 Å². The van der Waals surface area contributed by atoms with Crippen LogP contribution in [0.4, 0.5) is 10.7 Å². The van der Waals surface area contributed by atoms with Gasteiger partial charge in [-0.3, -0.25) is 0 Å². The fourth-order valence-corrected chi connectivity index (χ4v) is 3.36. The summed E-state index contributed by atoms with van der Waals surface area (Å²) in [6.07, 6.45) is 3.23. The summed E-state index contributed by atoms with van der Waals surface area (Å²) in [6.45, 7) is 6.47. The predicted molar refractivity (Wildman–Crippen MR) is 86.3 cm³/mol. The van der Waals surface area contributed by atoms with E-state index in [4.69, 9.17) is 15.2 Å². The van der Waals surface area contributed by atoms with Gasteiger partial charge in [-0.15, -0.1) is 11.3 Å². The van der Waals surface area contributed by atoms with Gasteiger partial charge in [0.2, 0.25) is 0 Å². The zero-order valence-corrected chi connectivity index (χ0v) is 13.6. The van der Waals surface area contributed by atoms with Crippen molar-refractivity contribution in [2.75, 3.05) is 37.4 Å². The summed E-state index contributed by atoms with van der Waals surface area (Å²) in [4.78, 5) is 12.5. The molecule has 0 radical (unpaired) electrons. The van der Waals surface area contributed by atoms with Crippen molar-refractivity contribution in [3.05, 3.63) is 10.4 Å². The first-order chi connectivity index (χ1) is 10.2. The maximum absolute atomic E-state index is 11.9. The second-order valence-electron chi connectivity index (χ2n) is 5.06. The van der Waals surface area contributed by atoms with Crippen molar-refractivity contribution in [1.82, 2.24) is 0 Å². The number of rotatable bonds is 9. The van der Waals surface area contributed by atoms with Crippen molar-refractivity contribution in [2.24, 2.45) is 0 Å². The van der Waals surface area contributed by atoms with Crippen LogP contribution in [-0.4, -0.2) is 32.3 Å². The van der Waals surface area contributed by atoms with Crippen LogP contribution in [0.15, 0.2) is 0 Å². The first-order valence-electron chi connectivity index (χ1n) is 7.59. The molecule has 1 heterocycles. The quantitative estimate of drug-likeness (QED) is 0.541. The van der Waals surface area contributed by atoms with Gasteiger partial charge in [-0.1, -0.05) is 0 Å². The van der Waals surface area contributed by atoms with E-state index in [1.54, 1.807) is 6.92 Å². The van der Waals surface area contributed by atoms with Crippen molar-refractivity contribution in [3.63, 3.8) is 0 Å². The number of esters is 1. The summed E-state index contributed by atoms with van der Waals surface area (Å²) in [5, 5.41) is 4.43. The highest BCUT2D eigenvalue weighted by atomic mass is 32.1. The molecule has 0 aromatic carbocycles. The first-order valence-corrected chi connectivity index (χ1v) is 8.41. The molecule has 1 fully saturated rings. The summed E-state index contributed by atoms with van der Waals surface area (Å²) >= 11 is 1.41. The second-order valence-corrected chi connectivity index (χ2v) is 6.08. The zero-order valence-electron chi connectivity index (χ0n) is 12.7. The third kappa shape index (κ3) is 4.11. The Bertz CT molecular complexity index is 484. The topological polar surface area (TPSA) is 73.6 Å². The SMILES string of the molecule is CCOCCCNc1sc(C(=O)OCC)c(N)c1C1CC1. The molecule has 118 valence electrons. The molecule has 1 saturated carbocycles. The van der Waals surface area contributed by atoms with Gasteiger partial charge in [0, 0.05) is 25.3 Å². The van der Waals surface area contributed by atoms with Gasteiger partial charge in [0.1, 0.15) is 4.88 Å². The molecular weight excluding hydrogens is 288 g/mol. The third-order valence-electron chi connectivity index (χ3n) is 3.39. The average molecular weight is 312 g/mol. The Morgan fingerprint density at radius 3 is 2.76 bits per heavy atom. The van der Waals surface area contributed by atoms with Crippen LogP contribution in [0.3, 0.4) is 0 Å². The second kappa shape index (κ2) is 7.66. The van der Waals surface area contributed by atoms with E-state index < -0.39 is 0 Å². The van der Waals surface area contributed by atoms with Crippen LogP contribution in [0.25, 0.3) is 0 Å². The molecule has 1 aliphatic carbocycles. The zero-order chi connectivity index (χ0) is 15.2. The number of anilines is 2. The molecule has 6 heteroatoms. The van der Waals surface area contributed by atoms with E-state index >= 15 is 0 Å². The molecule has 0 spiro atoms. The predicted octanol–water partition coefficient (Wildman–Crippen LogP) is 3.22. The lowest BCUT2D eigenvalue weighted by Crippen LogP contribution is -2.06. The molecule has 2 rings (SSSR count). The van der Waals surface area contributed by atoms with Gasteiger partial charge in [-0.25, -0.2) is 4.79 Å². The highest BCUT2D eigenvalue weighted by Crippen LogP contribution is 2.50. The van der Waals surface area contributed by atoms with Crippen LogP contribution >= 0.6 is 11.3 Å². The molecule has 1 aliphatic rings. The summed E-state index contributed by atoms with van der Waals surface area (Å²) in [6, 6.07) is 0. The van der Waals surface area contributed by atoms with E-state index in [2.05, 4.69) is 5.32 Å². The molecular formula is C15H24N2O3S. The van der Waals surface area contributed by atoms with Crippen LogP contribution in [-0.2, 0) is 9.47 Å². The molecule has 0 unspecified atom stereocenters. The molecule has 5 nitrogen and oxygen atoms in total. The Hall–Kier alpha value is -1.27. The Morgan fingerprint density at radius 1 is 1.38 bits per heavy atom. The molecule has 0 saturated heterocycles. The van der Waals surface area contributed by atoms with Crippen molar-refractivity contribution < 1.29 is 14.3 Å². The Morgan fingerprint density at radius 2 is 2.14 bits per heavy atom. The minimum atomic E-state index is -0.315. The lowest BCUT2D eigenvalue weighted by atomic mass is 10.1. The van der Waals surface area contributed by atoms with E-state index in [0.29, 0.717) is 23.1 Å².